The lowest BCUT2D eigenvalue weighted by Crippen LogP contribution is -2.27. The average Bonchev–Trinajstić information content (AvgIpc) is 2.55. The van der Waals surface area contributed by atoms with Crippen LogP contribution in [-0.4, -0.2) is 26.3 Å². The largest absolute Gasteiger partial charge is 0.444 e. The van der Waals surface area contributed by atoms with Crippen LogP contribution in [0.1, 0.15) is 20.8 Å². The number of hydrogen-bond donors (Lipinski definition) is 1. The quantitative estimate of drug-likeness (QED) is 0.872. The van der Waals surface area contributed by atoms with Crippen molar-refractivity contribution < 1.29 is 13.9 Å². The van der Waals surface area contributed by atoms with Crippen molar-refractivity contribution in [3.63, 3.8) is 0 Å². The number of carbonyl (C=O) groups excluding carboxylic acids is 1. The van der Waals surface area contributed by atoms with Crippen LogP contribution in [0.3, 0.4) is 0 Å². The van der Waals surface area contributed by atoms with Gasteiger partial charge in [-0.15, -0.1) is 5.10 Å². The van der Waals surface area contributed by atoms with Gasteiger partial charge in [0, 0.05) is 6.07 Å². The predicted octanol–water partition coefficient (Wildman–Crippen LogP) is 2.98. The first-order valence-electron chi connectivity index (χ1n) is 5.46. The summed E-state index contributed by atoms with van der Waals surface area (Å²) >= 11 is 3.09. The Morgan fingerprint density at radius 3 is 2.84 bits per heavy atom. The van der Waals surface area contributed by atoms with Crippen molar-refractivity contribution in [1.82, 2.24) is 14.6 Å². The highest BCUT2D eigenvalue weighted by atomic mass is 79.9. The van der Waals surface area contributed by atoms with Crippen LogP contribution in [0.4, 0.5) is 14.9 Å². The molecule has 8 heteroatoms. The molecule has 0 unspecified atom stereocenters. The summed E-state index contributed by atoms with van der Waals surface area (Å²) < 4.78 is 20.4. The Kier molecular flexibility index (Phi) is 3.44. The topological polar surface area (TPSA) is 68.5 Å². The van der Waals surface area contributed by atoms with Gasteiger partial charge in [-0.2, -0.15) is 0 Å². The summed E-state index contributed by atoms with van der Waals surface area (Å²) in [6.07, 6.45) is 0.397. The molecule has 0 saturated heterocycles. The molecule has 0 saturated carbocycles. The van der Waals surface area contributed by atoms with Gasteiger partial charge >= 0.3 is 6.09 Å². The number of halogens is 2. The van der Waals surface area contributed by atoms with E-state index in [4.69, 9.17) is 4.74 Å². The average molecular weight is 331 g/mol. The van der Waals surface area contributed by atoms with Crippen LogP contribution in [0.15, 0.2) is 17.0 Å². The Morgan fingerprint density at radius 1 is 1.53 bits per heavy atom. The normalized spacial score (nSPS) is 11.6. The van der Waals surface area contributed by atoms with Gasteiger partial charge in [0.15, 0.2) is 11.5 Å². The van der Waals surface area contributed by atoms with E-state index in [-0.39, 0.29) is 5.69 Å². The van der Waals surface area contributed by atoms with Crippen molar-refractivity contribution in [2.24, 2.45) is 0 Å². The van der Waals surface area contributed by atoms with E-state index in [1.165, 1.54) is 10.6 Å². The number of aromatic nitrogens is 3. The maximum atomic E-state index is 13.7. The minimum absolute atomic E-state index is 0.0124. The van der Waals surface area contributed by atoms with Crippen LogP contribution in [0.5, 0.6) is 0 Å². The summed E-state index contributed by atoms with van der Waals surface area (Å²) in [5, 5.41) is 6.23. The lowest BCUT2D eigenvalue weighted by molar-refractivity contribution is 0.0635. The van der Waals surface area contributed by atoms with E-state index in [0.717, 1.165) is 6.20 Å². The fourth-order valence-electron chi connectivity index (χ4n) is 1.39. The Balaban J connectivity index is 2.25. The summed E-state index contributed by atoms with van der Waals surface area (Å²) in [6, 6.07) is 1.37. The third-order valence-electron chi connectivity index (χ3n) is 2.03. The van der Waals surface area contributed by atoms with Crippen molar-refractivity contribution in [2.45, 2.75) is 26.4 Å². The van der Waals surface area contributed by atoms with Gasteiger partial charge in [-0.3, -0.25) is 5.32 Å². The molecule has 0 radical (unpaired) electrons. The van der Waals surface area contributed by atoms with Gasteiger partial charge in [0.05, 0.1) is 11.9 Å². The number of nitrogens with zero attached hydrogens (tertiary/aromatic N) is 3. The van der Waals surface area contributed by atoms with Crippen LogP contribution in [-0.2, 0) is 4.74 Å². The fourth-order valence-corrected chi connectivity index (χ4v) is 1.74. The highest BCUT2D eigenvalue weighted by molar-refractivity contribution is 9.10. The number of rotatable bonds is 1. The van der Waals surface area contributed by atoms with E-state index >= 15 is 0 Å². The van der Waals surface area contributed by atoms with Gasteiger partial charge in [-0.1, -0.05) is 0 Å². The lowest BCUT2D eigenvalue weighted by Gasteiger charge is -2.19. The summed E-state index contributed by atoms with van der Waals surface area (Å²) in [5.41, 5.74) is -0.260. The highest BCUT2D eigenvalue weighted by Gasteiger charge is 2.18. The molecule has 102 valence electrons. The minimum Gasteiger partial charge on any atom is -0.444 e. The standard InChI is InChI=1S/C11H12BrFN4O2/c1-11(2,3)19-10(18)14-7-4-8-15-9(12)16-17(8)5-6(7)13/h4-5H,1-3H3,(H,14,18). The summed E-state index contributed by atoms with van der Waals surface area (Å²) in [6.45, 7) is 5.17. The number of hydrogen-bond acceptors (Lipinski definition) is 4. The molecule has 2 rings (SSSR count). The zero-order chi connectivity index (χ0) is 14.2. The summed E-state index contributed by atoms with van der Waals surface area (Å²) in [5.74, 6) is -0.629. The minimum atomic E-state index is -0.727. The first-order chi connectivity index (χ1) is 8.74. The molecule has 2 aromatic heterocycles. The molecular formula is C11H12BrFN4O2. The highest BCUT2D eigenvalue weighted by Crippen LogP contribution is 2.18. The summed E-state index contributed by atoms with van der Waals surface area (Å²) in [4.78, 5) is 15.6. The van der Waals surface area contributed by atoms with E-state index in [2.05, 4.69) is 31.3 Å². The number of ether oxygens (including phenoxy) is 1. The molecule has 0 aliphatic rings. The second-order valence-electron chi connectivity index (χ2n) is 4.85. The third-order valence-corrected chi connectivity index (χ3v) is 2.37. The van der Waals surface area contributed by atoms with Gasteiger partial charge in [-0.25, -0.2) is 18.7 Å². The van der Waals surface area contributed by atoms with Crippen LogP contribution in [0.2, 0.25) is 0 Å². The number of amides is 1. The second kappa shape index (κ2) is 4.76. The van der Waals surface area contributed by atoms with Gasteiger partial charge in [0.25, 0.3) is 0 Å². The Bertz CT molecular complexity index is 635. The van der Waals surface area contributed by atoms with E-state index in [1.54, 1.807) is 20.8 Å². The SMILES string of the molecule is CC(C)(C)OC(=O)Nc1cc2nc(Br)nn2cc1F. The number of fused-ring (bicyclic) bond motifs is 1. The van der Waals surface area contributed by atoms with Crippen LogP contribution < -0.4 is 5.32 Å². The second-order valence-corrected chi connectivity index (χ2v) is 5.55. The molecule has 0 atom stereocenters. The monoisotopic (exact) mass is 330 g/mol. The van der Waals surface area contributed by atoms with Gasteiger partial charge in [-0.05, 0) is 36.7 Å². The number of anilines is 1. The van der Waals surface area contributed by atoms with Crippen molar-refractivity contribution >= 4 is 33.4 Å². The Labute approximate surface area is 117 Å². The molecule has 0 fully saturated rings. The lowest BCUT2D eigenvalue weighted by atomic mass is 10.2. The number of pyridine rings is 1. The molecule has 0 aliphatic heterocycles. The molecule has 2 heterocycles. The number of nitrogens with one attached hydrogen (secondary N) is 1. The van der Waals surface area contributed by atoms with Gasteiger partial charge in [0.1, 0.15) is 5.60 Å². The molecule has 0 spiro atoms. The number of carbonyl (C=O) groups is 1. The molecule has 1 N–H and O–H groups in total. The first kappa shape index (κ1) is 13.7. The van der Waals surface area contributed by atoms with E-state index in [0.29, 0.717) is 10.4 Å². The van der Waals surface area contributed by atoms with Crippen molar-refractivity contribution in [1.29, 1.82) is 0 Å². The molecular weight excluding hydrogens is 319 g/mol. The molecule has 0 aliphatic carbocycles. The van der Waals surface area contributed by atoms with Crippen molar-refractivity contribution in [3.05, 3.63) is 22.8 Å². The van der Waals surface area contributed by atoms with E-state index in [9.17, 15) is 9.18 Å². The molecule has 2 aromatic rings. The smallest absolute Gasteiger partial charge is 0.412 e. The predicted molar refractivity (Wildman–Crippen MR) is 70.5 cm³/mol. The summed E-state index contributed by atoms with van der Waals surface area (Å²) in [7, 11) is 0. The van der Waals surface area contributed by atoms with Crippen LogP contribution in [0, 0.1) is 5.82 Å². The Hall–Kier alpha value is -1.70. The molecule has 6 nitrogen and oxygen atoms in total. The van der Waals surface area contributed by atoms with Crippen LogP contribution >= 0.6 is 15.9 Å². The van der Waals surface area contributed by atoms with Crippen molar-refractivity contribution in [3.8, 4) is 0 Å². The first-order valence-corrected chi connectivity index (χ1v) is 6.25. The van der Waals surface area contributed by atoms with Crippen LogP contribution in [0.25, 0.3) is 5.65 Å². The maximum absolute atomic E-state index is 13.7. The fraction of sp³-hybridized carbons (Fsp3) is 0.364. The van der Waals surface area contributed by atoms with E-state index < -0.39 is 17.5 Å². The zero-order valence-corrected chi connectivity index (χ0v) is 12.2. The van der Waals surface area contributed by atoms with Gasteiger partial charge in [0.2, 0.25) is 4.73 Å². The molecule has 0 aromatic carbocycles. The molecule has 1 amide bonds. The van der Waals surface area contributed by atoms with E-state index in [1.807, 2.05) is 0 Å². The zero-order valence-electron chi connectivity index (χ0n) is 10.6. The third kappa shape index (κ3) is 3.40. The molecule has 19 heavy (non-hydrogen) atoms. The van der Waals surface area contributed by atoms with Gasteiger partial charge < -0.3 is 4.74 Å². The Morgan fingerprint density at radius 2 is 2.21 bits per heavy atom. The molecule has 0 bridgehead atoms. The maximum Gasteiger partial charge on any atom is 0.412 e. The van der Waals surface area contributed by atoms with Crippen molar-refractivity contribution in [2.75, 3.05) is 5.32 Å².